The molecule has 0 saturated carbocycles. The smallest absolute Gasteiger partial charge is 0.183 e. The summed E-state index contributed by atoms with van der Waals surface area (Å²) in [6.45, 7) is 0.281. The van der Waals surface area contributed by atoms with Crippen LogP contribution in [0.25, 0.3) is 0 Å². The van der Waals surface area contributed by atoms with Gasteiger partial charge in [0.15, 0.2) is 11.6 Å². The molecule has 18 heavy (non-hydrogen) atoms. The number of anilines is 1. The van der Waals surface area contributed by atoms with Gasteiger partial charge in [0.05, 0.1) is 23.5 Å². The van der Waals surface area contributed by atoms with Crippen LogP contribution in [-0.2, 0) is 13.6 Å². The predicted molar refractivity (Wildman–Crippen MR) is 61.6 cm³/mol. The van der Waals surface area contributed by atoms with Gasteiger partial charge in [-0.05, 0) is 18.2 Å². The SMILES string of the molecule is Cn1ccc(CNc2ccc(C#N)c(F)c2F)n1. The summed E-state index contributed by atoms with van der Waals surface area (Å²) in [5.41, 5.74) is 0.412. The molecule has 1 aromatic carbocycles. The van der Waals surface area contributed by atoms with Crippen molar-refractivity contribution in [2.24, 2.45) is 7.05 Å². The number of rotatable bonds is 3. The first kappa shape index (κ1) is 12.0. The zero-order valence-corrected chi connectivity index (χ0v) is 9.61. The Balaban J connectivity index is 2.15. The lowest BCUT2D eigenvalue weighted by atomic mass is 10.2. The molecule has 0 spiro atoms. The molecule has 1 heterocycles. The Labute approximate surface area is 102 Å². The van der Waals surface area contributed by atoms with E-state index in [4.69, 9.17) is 5.26 Å². The van der Waals surface area contributed by atoms with E-state index >= 15 is 0 Å². The minimum Gasteiger partial charge on any atom is -0.377 e. The minimum atomic E-state index is -1.14. The maximum atomic E-state index is 13.5. The van der Waals surface area contributed by atoms with Gasteiger partial charge in [-0.15, -0.1) is 0 Å². The highest BCUT2D eigenvalue weighted by atomic mass is 19.2. The highest BCUT2D eigenvalue weighted by Crippen LogP contribution is 2.20. The van der Waals surface area contributed by atoms with E-state index in [-0.39, 0.29) is 17.8 Å². The van der Waals surface area contributed by atoms with Crippen molar-refractivity contribution >= 4 is 5.69 Å². The van der Waals surface area contributed by atoms with Gasteiger partial charge in [0, 0.05) is 13.2 Å². The summed E-state index contributed by atoms with van der Waals surface area (Å²) >= 11 is 0. The fourth-order valence-corrected chi connectivity index (χ4v) is 1.52. The Hall–Kier alpha value is -2.42. The lowest BCUT2D eigenvalue weighted by molar-refractivity contribution is 0.508. The van der Waals surface area contributed by atoms with E-state index in [0.717, 1.165) is 0 Å². The van der Waals surface area contributed by atoms with Crippen molar-refractivity contribution in [1.29, 1.82) is 5.26 Å². The lowest BCUT2D eigenvalue weighted by Crippen LogP contribution is -2.04. The number of halogens is 2. The van der Waals surface area contributed by atoms with Crippen LogP contribution in [0.4, 0.5) is 14.5 Å². The third-order valence-corrected chi connectivity index (χ3v) is 2.43. The van der Waals surface area contributed by atoms with Gasteiger partial charge in [-0.25, -0.2) is 8.78 Å². The van der Waals surface area contributed by atoms with Gasteiger partial charge in [0.2, 0.25) is 0 Å². The largest absolute Gasteiger partial charge is 0.377 e. The van der Waals surface area contributed by atoms with E-state index in [1.54, 1.807) is 30.1 Å². The monoisotopic (exact) mass is 248 g/mol. The molecule has 6 heteroatoms. The number of aryl methyl sites for hydroxylation is 1. The Morgan fingerprint density at radius 2 is 2.11 bits per heavy atom. The van der Waals surface area contributed by atoms with Crippen LogP contribution in [0.3, 0.4) is 0 Å². The van der Waals surface area contributed by atoms with Gasteiger partial charge in [-0.3, -0.25) is 4.68 Å². The average molecular weight is 248 g/mol. The molecule has 0 aliphatic rings. The average Bonchev–Trinajstić information content (AvgIpc) is 2.77. The molecule has 0 aliphatic heterocycles. The summed E-state index contributed by atoms with van der Waals surface area (Å²) < 4.78 is 28.5. The van der Waals surface area contributed by atoms with Crippen LogP contribution in [0.15, 0.2) is 24.4 Å². The number of nitrogens with one attached hydrogen (secondary N) is 1. The van der Waals surface area contributed by atoms with Gasteiger partial charge < -0.3 is 5.32 Å². The first-order valence-electron chi connectivity index (χ1n) is 5.22. The van der Waals surface area contributed by atoms with Crippen LogP contribution >= 0.6 is 0 Å². The Kier molecular flexibility index (Phi) is 3.24. The van der Waals surface area contributed by atoms with Crippen molar-refractivity contribution < 1.29 is 8.78 Å². The molecule has 92 valence electrons. The molecule has 2 rings (SSSR count). The van der Waals surface area contributed by atoms with E-state index in [0.29, 0.717) is 5.69 Å². The minimum absolute atomic E-state index is 0.0113. The van der Waals surface area contributed by atoms with Gasteiger partial charge in [0.1, 0.15) is 6.07 Å². The molecule has 0 radical (unpaired) electrons. The van der Waals surface area contributed by atoms with Crippen molar-refractivity contribution in [1.82, 2.24) is 9.78 Å². The number of nitriles is 1. The molecule has 0 atom stereocenters. The van der Waals surface area contributed by atoms with Gasteiger partial charge >= 0.3 is 0 Å². The number of aromatic nitrogens is 2. The highest BCUT2D eigenvalue weighted by molar-refractivity contribution is 5.49. The van der Waals surface area contributed by atoms with E-state index in [2.05, 4.69) is 10.4 Å². The molecule has 0 saturated heterocycles. The summed E-state index contributed by atoms with van der Waals surface area (Å²) in [6.07, 6.45) is 1.76. The molecule has 0 fully saturated rings. The van der Waals surface area contributed by atoms with E-state index in [1.165, 1.54) is 12.1 Å². The van der Waals surface area contributed by atoms with E-state index in [9.17, 15) is 8.78 Å². The Bertz CT molecular complexity index is 613. The second-order valence-corrected chi connectivity index (χ2v) is 3.73. The summed E-state index contributed by atoms with van der Waals surface area (Å²) in [5.74, 6) is -2.19. The number of nitrogens with zero attached hydrogens (tertiary/aromatic N) is 3. The normalized spacial score (nSPS) is 10.1. The van der Waals surface area contributed by atoms with Crippen molar-refractivity contribution in [2.45, 2.75) is 6.54 Å². The molecule has 2 aromatic rings. The molecule has 0 aliphatic carbocycles. The molecular formula is C12H10F2N4. The van der Waals surface area contributed by atoms with Crippen molar-refractivity contribution in [3.8, 4) is 6.07 Å². The van der Waals surface area contributed by atoms with E-state index in [1.807, 2.05) is 0 Å². The fraction of sp³-hybridized carbons (Fsp3) is 0.167. The summed E-state index contributed by atoms with van der Waals surface area (Å²) in [7, 11) is 1.77. The standard InChI is InChI=1S/C12H10F2N4/c1-18-5-4-9(17-18)7-16-10-3-2-8(6-15)11(13)12(10)14/h2-5,16H,7H2,1H3. The van der Waals surface area contributed by atoms with Crippen molar-refractivity contribution in [3.05, 3.63) is 47.3 Å². The first-order chi connectivity index (χ1) is 8.61. The number of benzene rings is 1. The quantitative estimate of drug-likeness (QED) is 0.905. The van der Waals surface area contributed by atoms with Crippen LogP contribution < -0.4 is 5.32 Å². The Morgan fingerprint density at radius 3 is 2.72 bits per heavy atom. The number of hydrogen-bond acceptors (Lipinski definition) is 3. The maximum absolute atomic E-state index is 13.5. The second-order valence-electron chi connectivity index (χ2n) is 3.73. The maximum Gasteiger partial charge on any atom is 0.183 e. The lowest BCUT2D eigenvalue weighted by Gasteiger charge is -2.07. The zero-order valence-electron chi connectivity index (χ0n) is 9.61. The summed E-state index contributed by atoms with van der Waals surface area (Å²) in [6, 6.07) is 5.92. The second kappa shape index (κ2) is 4.84. The predicted octanol–water partition coefficient (Wildman–Crippen LogP) is 2.18. The van der Waals surface area contributed by atoms with Crippen LogP contribution in [0.1, 0.15) is 11.3 Å². The molecule has 0 unspecified atom stereocenters. The van der Waals surface area contributed by atoms with E-state index < -0.39 is 11.6 Å². The molecule has 0 bridgehead atoms. The summed E-state index contributed by atoms with van der Waals surface area (Å²) in [5, 5.41) is 15.4. The molecule has 1 N–H and O–H groups in total. The Morgan fingerprint density at radius 1 is 1.33 bits per heavy atom. The van der Waals surface area contributed by atoms with Gasteiger partial charge in [-0.1, -0.05) is 0 Å². The topological polar surface area (TPSA) is 53.6 Å². The third-order valence-electron chi connectivity index (χ3n) is 2.43. The highest BCUT2D eigenvalue weighted by Gasteiger charge is 2.13. The summed E-state index contributed by atoms with van der Waals surface area (Å²) in [4.78, 5) is 0. The van der Waals surface area contributed by atoms with Crippen LogP contribution in [-0.4, -0.2) is 9.78 Å². The van der Waals surface area contributed by atoms with Crippen molar-refractivity contribution in [2.75, 3.05) is 5.32 Å². The molecule has 0 amide bonds. The number of hydrogen-bond donors (Lipinski definition) is 1. The van der Waals surface area contributed by atoms with Crippen LogP contribution in [0.2, 0.25) is 0 Å². The van der Waals surface area contributed by atoms with Crippen molar-refractivity contribution in [3.63, 3.8) is 0 Å². The molecular weight excluding hydrogens is 238 g/mol. The molecule has 1 aromatic heterocycles. The van der Waals surface area contributed by atoms with Gasteiger partial charge in [0.25, 0.3) is 0 Å². The third kappa shape index (κ3) is 2.30. The van der Waals surface area contributed by atoms with Crippen LogP contribution in [0, 0.1) is 23.0 Å². The first-order valence-corrected chi connectivity index (χ1v) is 5.22. The van der Waals surface area contributed by atoms with Crippen LogP contribution in [0.5, 0.6) is 0 Å². The fourth-order valence-electron chi connectivity index (χ4n) is 1.52. The zero-order chi connectivity index (χ0) is 13.1. The molecule has 4 nitrogen and oxygen atoms in total. The van der Waals surface area contributed by atoms with Gasteiger partial charge in [-0.2, -0.15) is 10.4 Å².